The zero-order valence-corrected chi connectivity index (χ0v) is 15.3. The number of hydrogen-bond acceptors (Lipinski definition) is 8. The molecule has 0 amide bonds. The summed E-state index contributed by atoms with van der Waals surface area (Å²) in [5.41, 5.74) is 1.77. The Hall–Kier alpha value is -3.03. The normalized spacial score (nSPS) is 15.8. The molecule has 0 spiro atoms. The predicted molar refractivity (Wildman–Crippen MR) is 96.5 cm³/mol. The number of rotatable bonds is 3. The summed E-state index contributed by atoms with van der Waals surface area (Å²) in [6.45, 7) is 3.39. The van der Waals surface area contributed by atoms with Crippen LogP contribution in [0.3, 0.4) is 0 Å². The molecule has 0 N–H and O–H groups in total. The number of benzene rings is 1. The van der Waals surface area contributed by atoms with Gasteiger partial charge in [0, 0.05) is 32.4 Å². The van der Waals surface area contributed by atoms with Crippen molar-refractivity contribution >= 4 is 26.9 Å². The molecule has 0 saturated carbocycles. The molecule has 1 aliphatic rings. The smallest absolute Gasteiger partial charge is 0.245 e. The summed E-state index contributed by atoms with van der Waals surface area (Å²) in [6.07, 6.45) is 1.51. The van der Waals surface area contributed by atoms with Crippen molar-refractivity contribution < 1.29 is 13.0 Å². The number of aryl methyl sites for hydroxylation is 1. The van der Waals surface area contributed by atoms with Gasteiger partial charge >= 0.3 is 0 Å². The summed E-state index contributed by atoms with van der Waals surface area (Å²) in [5.74, 6) is 0.727. The first kappa shape index (κ1) is 17.4. The van der Waals surface area contributed by atoms with E-state index in [1.807, 2.05) is 11.0 Å². The second kappa shape index (κ2) is 6.61. The van der Waals surface area contributed by atoms with Crippen molar-refractivity contribution in [1.82, 2.24) is 19.6 Å². The third-order valence-corrected chi connectivity index (χ3v) is 6.69. The van der Waals surface area contributed by atoms with E-state index >= 15 is 0 Å². The molecule has 1 saturated heterocycles. The van der Waals surface area contributed by atoms with E-state index in [1.54, 1.807) is 31.2 Å². The third kappa shape index (κ3) is 3.01. The van der Waals surface area contributed by atoms with Gasteiger partial charge in [0.05, 0.1) is 5.56 Å². The van der Waals surface area contributed by atoms with Crippen molar-refractivity contribution in [2.24, 2.45) is 0 Å². The predicted octanol–water partition coefficient (Wildman–Crippen LogP) is 1.31. The monoisotopic (exact) mass is 384 g/mol. The van der Waals surface area contributed by atoms with Gasteiger partial charge in [-0.25, -0.2) is 18.0 Å². The fourth-order valence-electron chi connectivity index (χ4n) is 3.18. The average molecular weight is 384 g/mol. The lowest BCUT2D eigenvalue weighted by molar-refractivity contribution is 0.315. The molecule has 0 atom stereocenters. The van der Waals surface area contributed by atoms with Gasteiger partial charge in [0.2, 0.25) is 10.0 Å². The van der Waals surface area contributed by atoms with Crippen LogP contribution in [-0.4, -0.2) is 54.2 Å². The molecule has 0 bridgehead atoms. The van der Waals surface area contributed by atoms with Crippen molar-refractivity contribution in [3.63, 3.8) is 0 Å². The molecular weight excluding hydrogens is 368 g/mol. The lowest BCUT2D eigenvalue weighted by atomic mass is 10.2. The molecule has 4 rings (SSSR count). The molecule has 3 heterocycles. The van der Waals surface area contributed by atoms with E-state index in [9.17, 15) is 8.42 Å². The number of pyridine rings is 1. The topological polar surface area (TPSA) is 116 Å². The number of piperazine rings is 1. The highest BCUT2D eigenvalue weighted by atomic mass is 32.2. The Balaban J connectivity index is 1.57. The molecule has 1 fully saturated rings. The molecule has 27 heavy (non-hydrogen) atoms. The second-order valence-corrected chi connectivity index (χ2v) is 8.13. The SMILES string of the molecule is Cc1ccc2nonc2c1S(=O)(=O)N1CCN(c2ccc(C#N)cn2)CC1. The fraction of sp³-hybridized carbons (Fsp3) is 0.294. The maximum absolute atomic E-state index is 13.2. The van der Waals surface area contributed by atoms with Crippen LogP contribution in [0.2, 0.25) is 0 Å². The van der Waals surface area contributed by atoms with Gasteiger partial charge in [0.25, 0.3) is 0 Å². The maximum atomic E-state index is 13.2. The standard InChI is InChI=1S/C17H16N6O3S/c1-12-2-4-14-16(21-26-20-14)17(12)27(24,25)23-8-6-22(7-9-23)15-5-3-13(10-18)11-19-15/h2-5,11H,6-9H2,1H3. The number of hydrogen-bond donors (Lipinski definition) is 0. The number of fused-ring (bicyclic) bond motifs is 1. The van der Waals surface area contributed by atoms with Crippen LogP contribution in [0.15, 0.2) is 40.0 Å². The summed E-state index contributed by atoms with van der Waals surface area (Å²) in [7, 11) is -3.72. The van der Waals surface area contributed by atoms with E-state index in [2.05, 4.69) is 15.3 Å². The van der Waals surface area contributed by atoms with Crippen LogP contribution >= 0.6 is 0 Å². The number of sulfonamides is 1. The molecule has 0 unspecified atom stereocenters. The van der Waals surface area contributed by atoms with Gasteiger partial charge in [-0.3, -0.25) is 0 Å². The average Bonchev–Trinajstić information content (AvgIpc) is 3.16. The first-order valence-electron chi connectivity index (χ1n) is 8.34. The Morgan fingerprint density at radius 1 is 1.11 bits per heavy atom. The van der Waals surface area contributed by atoms with Crippen molar-refractivity contribution in [1.29, 1.82) is 5.26 Å². The fourth-order valence-corrected chi connectivity index (χ4v) is 4.94. The minimum Gasteiger partial charge on any atom is -0.354 e. The minimum atomic E-state index is -3.72. The van der Waals surface area contributed by atoms with Gasteiger partial charge in [-0.1, -0.05) is 6.07 Å². The Bertz CT molecular complexity index is 1130. The third-order valence-electron chi connectivity index (χ3n) is 4.62. The number of aromatic nitrogens is 3. The summed E-state index contributed by atoms with van der Waals surface area (Å²) < 4.78 is 32.5. The van der Waals surface area contributed by atoms with E-state index in [0.717, 1.165) is 5.82 Å². The van der Waals surface area contributed by atoms with Crippen LogP contribution in [0.1, 0.15) is 11.1 Å². The Labute approximate surface area is 155 Å². The van der Waals surface area contributed by atoms with E-state index in [-0.39, 0.29) is 10.4 Å². The molecule has 9 nitrogen and oxygen atoms in total. The molecule has 0 radical (unpaired) electrons. The van der Waals surface area contributed by atoms with Gasteiger partial charge in [-0.05, 0) is 41.0 Å². The Kier molecular flexibility index (Phi) is 4.25. The van der Waals surface area contributed by atoms with Crippen LogP contribution in [0.4, 0.5) is 5.82 Å². The van der Waals surface area contributed by atoms with Crippen molar-refractivity contribution in [2.75, 3.05) is 31.1 Å². The first-order valence-corrected chi connectivity index (χ1v) is 9.78. The molecule has 10 heteroatoms. The molecular formula is C17H16N6O3S. The lowest BCUT2D eigenvalue weighted by Crippen LogP contribution is -2.49. The highest BCUT2D eigenvalue weighted by Gasteiger charge is 2.32. The van der Waals surface area contributed by atoms with E-state index in [0.29, 0.717) is 42.8 Å². The van der Waals surface area contributed by atoms with Crippen molar-refractivity contribution in [3.05, 3.63) is 41.6 Å². The van der Waals surface area contributed by atoms with E-state index in [1.165, 1.54) is 10.5 Å². The van der Waals surface area contributed by atoms with Crippen molar-refractivity contribution in [3.8, 4) is 6.07 Å². The highest BCUT2D eigenvalue weighted by Crippen LogP contribution is 2.28. The highest BCUT2D eigenvalue weighted by molar-refractivity contribution is 7.89. The molecule has 138 valence electrons. The largest absolute Gasteiger partial charge is 0.354 e. The van der Waals surface area contributed by atoms with Gasteiger partial charge in [-0.15, -0.1) is 0 Å². The number of nitriles is 1. The Morgan fingerprint density at radius 3 is 2.56 bits per heavy atom. The van der Waals surface area contributed by atoms with Gasteiger partial charge in [0.15, 0.2) is 5.52 Å². The first-order chi connectivity index (χ1) is 13.0. The summed E-state index contributed by atoms with van der Waals surface area (Å²) in [4.78, 5) is 6.41. The lowest BCUT2D eigenvalue weighted by Gasteiger charge is -2.34. The van der Waals surface area contributed by atoms with Gasteiger partial charge in [-0.2, -0.15) is 9.57 Å². The number of anilines is 1. The second-order valence-electron chi connectivity index (χ2n) is 6.25. The van der Waals surface area contributed by atoms with E-state index < -0.39 is 10.0 Å². The van der Waals surface area contributed by atoms with Crippen LogP contribution in [0.5, 0.6) is 0 Å². The zero-order chi connectivity index (χ0) is 19.0. The van der Waals surface area contributed by atoms with Crippen LogP contribution < -0.4 is 4.90 Å². The quantitative estimate of drug-likeness (QED) is 0.663. The summed E-state index contributed by atoms with van der Waals surface area (Å²) >= 11 is 0. The zero-order valence-electron chi connectivity index (χ0n) is 14.5. The molecule has 0 aliphatic carbocycles. The van der Waals surface area contributed by atoms with Gasteiger partial charge in [0.1, 0.15) is 22.3 Å². The molecule has 1 aliphatic heterocycles. The van der Waals surface area contributed by atoms with Crippen LogP contribution in [0.25, 0.3) is 11.0 Å². The molecule has 3 aromatic rings. The summed E-state index contributed by atoms with van der Waals surface area (Å²) in [6, 6.07) is 8.90. The van der Waals surface area contributed by atoms with Crippen LogP contribution in [0, 0.1) is 18.3 Å². The molecule has 2 aromatic heterocycles. The Morgan fingerprint density at radius 2 is 1.89 bits per heavy atom. The molecule has 1 aromatic carbocycles. The van der Waals surface area contributed by atoms with Crippen LogP contribution in [-0.2, 0) is 10.0 Å². The van der Waals surface area contributed by atoms with Crippen molar-refractivity contribution in [2.45, 2.75) is 11.8 Å². The number of nitrogens with zero attached hydrogens (tertiary/aromatic N) is 6. The minimum absolute atomic E-state index is 0.145. The summed E-state index contributed by atoms with van der Waals surface area (Å²) in [5, 5.41) is 16.4. The maximum Gasteiger partial charge on any atom is 0.245 e. The van der Waals surface area contributed by atoms with E-state index in [4.69, 9.17) is 9.89 Å². The van der Waals surface area contributed by atoms with Gasteiger partial charge < -0.3 is 4.90 Å².